The molecule has 1 heterocycles. The number of hydrogen-bond donors (Lipinski definition) is 1. The Hall–Kier alpha value is -0.170. The summed E-state index contributed by atoms with van der Waals surface area (Å²) in [6, 6.07) is -0.0616. The fourth-order valence-corrected chi connectivity index (χ4v) is 3.48. The molecule has 1 fully saturated rings. The van der Waals surface area contributed by atoms with Crippen LogP contribution >= 0.6 is 0 Å². The predicted octanol–water partition coefficient (Wildman–Crippen LogP) is 0.974. The molecule has 0 bridgehead atoms. The van der Waals surface area contributed by atoms with Crippen molar-refractivity contribution in [1.29, 1.82) is 0 Å². The van der Waals surface area contributed by atoms with Crippen molar-refractivity contribution in [3.63, 3.8) is 0 Å². The molecule has 1 rings (SSSR count). The fraction of sp³-hybridized carbons (Fsp3) is 1.00. The molecular formula is C11H24N2O3S. The second kappa shape index (κ2) is 5.65. The average Bonchev–Trinajstić information content (AvgIpc) is 2.15. The van der Waals surface area contributed by atoms with Crippen LogP contribution in [0.15, 0.2) is 0 Å². The smallest absolute Gasteiger partial charge is 0.279 e. The molecule has 6 heteroatoms. The molecule has 0 saturated carbocycles. The van der Waals surface area contributed by atoms with Gasteiger partial charge in [-0.25, -0.2) is 0 Å². The Morgan fingerprint density at radius 3 is 2.06 bits per heavy atom. The first-order valence-electron chi connectivity index (χ1n) is 6.15. The van der Waals surface area contributed by atoms with Crippen molar-refractivity contribution in [3.05, 3.63) is 0 Å². The summed E-state index contributed by atoms with van der Waals surface area (Å²) >= 11 is 0. The molecule has 0 aromatic carbocycles. The van der Waals surface area contributed by atoms with Gasteiger partial charge in [-0.15, -0.1) is 0 Å². The van der Waals surface area contributed by atoms with Gasteiger partial charge < -0.3 is 4.74 Å². The molecule has 0 aromatic heterocycles. The lowest BCUT2D eigenvalue weighted by Crippen LogP contribution is -2.53. The summed E-state index contributed by atoms with van der Waals surface area (Å²) in [5.41, 5.74) is 0. The number of hydrogen-bond acceptors (Lipinski definition) is 3. The predicted molar refractivity (Wildman–Crippen MR) is 67.9 cm³/mol. The van der Waals surface area contributed by atoms with E-state index in [1.807, 2.05) is 34.6 Å². The number of morpholine rings is 1. The maximum absolute atomic E-state index is 12.2. The van der Waals surface area contributed by atoms with E-state index in [0.717, 1.165) is 0 Å². The molecule has 102 valence electrons. The lowest BCUT2D eigenvalue weighted by atomic mass is 10.1. The molecule has 1 N–H and O–H groups in total. The van der Waals surface area contributed by atoms with Crippen molar-refractivity contribution in [1.82, 2.24) is 9.03 Å². The second-order valence-corrected chi connectivity index (χ2v) is 6.93. The minimum atomic E-state index is -3.39. The van der Waals surface area contributed by atoms with Crippen LogP contribution in [0.4, 0.5) is 0 Å². The molecule has 3 unspecified atom stereocenters. The maximum atomic E-state index is 12.2. The van der Waals surface area contributed by atoms with Crippen molar-refractivity contribution in [2.75, 3.05) is 13.1 Å². The van der Waals surface area contributed by atoms with Crippen LogP contribution < -0.4 is 4.72 Å². The van der Waals surface area contributed by atoms with Crippen LogP contribution in [0, 0.1) is 5.92 Å². The van der Waals surface area contributed by atoms with Gasteiger partial charge in [0.2, 0.25) is 0 Å². The number of nitrogens with zero attached hydrogens (tertiary/aromatic N) is 1. The first-order chi connectivity index (χ1) is 7.72. The molecule has 1 aliphatic rings. The molecule has 5 nitrogen and oxygen atoms in total. The van der Waals surface area contributed by atoms with Gasteiger partial charge in [0.25, 0.3) is 10.2 Å². The number of rotatable bonds is 4. The summed E-state index contributed by atoms with van der Waals surface area (Å²) in [4.78, 5) is 0. The Balaban J connectivity index is 2.69. The second-order valence-electron chi connectivity index (χ2n) is 5.23. The summed E-state index contributed by atoms with van der Waals surface area (Å²) < 4.78 is 34.0. The van der Waals surface area contributed by atoms with Gasteiger partial charge in [0.05, 0.1) is 12.2 Å². The number of ether oxygens (including phenoxy) is 1. The van der Waals surface area contributed by atoms with E-state index in [2.05, 4.69) is 4.72 Å². The highest BCUT2D eigenvalue weighted by Crippen LogP contribution is 2.14. The zero-order chi connectivity index (χ0) is 13.2. The molecule has 3 atom stereocenters. The quantitative estimate of drug-likeness (QED) is 0.823. The lowest BCUT2D eigenvalue weighted by Gasteiger charge is -2.35. The van der Waals surface area contributed by atoms with Gasteiger partial charge in [-0.1, -0.05) is 13.8 Å². The number of nitrogens with one attached hydrogen (secondary N) is 1. The van der Waals surface area contributed by atoms with E-state index >= 15 is 0 Å². The van der Waals surface area contributed by atoms with Gasteiger partial charge in [0.1, 0.15) is 0 Å². The van der Waals surface area contributed by atoms with Crippen LogP contribution in [0.5, 0.6) is 0 Å². The van der Waals surface area contributed by atoms with Crippen LogP contribution in [0.1, 0.15) is 34.6 Å². The van der Waals surface area contributed by atoms with E-state index in [1.165, 1.54) is 4.31 Å². The lowest BCUT2D eigenvalue weighted by molar-refractivity contribution is -0.0444. The summed E-state index contributed by atoms with van der Waals surface area (Å²) in [5.74, 6) is 0.278. The molecule has 1 aliphatic heterocycles. The Labute approximate surface area is 105 Å². The van der Waals surface area contributed by atoms with Crippen molar-refractivity contribution >= 4 is 10.2 Å². The molecular weight excluding hydrogens is 240 g/mol. The zero-order valence-electron chi connectivity index (χ0n) is 11.3. The van der Waals surface area contributed by atoms with Gasteiger partial charge in [-0.2, -0.15) is 17.4 Å². The first kappa shape index (κ1) is 14.9. The van der Waals surface area contributed by atoms with Gasteiger partial charge in [-0.3, -0.25) is 0 Å². The van der Waals surface area contributed by atoms with Crippen LogP contribution in [-0.4, -0.2) is 44.1 Å². The highest BCUT2D eigenvalue weighted by molar-refractivity contribution is 7.87. The maximum Gasteiger partial charge on any atom is 0.279 e. The van der Waals surface area contributed by atoms with Crippen LogP contribution in [0.25, 0.3) is 0 Å². The van der Waals surface area contributed by atoms with E-state index in [-0.39, 0.29) is 24.2 Å². The monoisotopic (exact) mass is 264 g/mol. The van der Waals surface area contributed by atoms with E-state index in [4.69, 9.17) is 4.74 Å². The molecule has 0 radical (unpaired) electrons. The fourth-order valence-electron chi connectivity index (χ4n) is 1.77. The van der Waals surface area contributed by atoms with Crippen LogP contribution in [0.2, 0.25) is 0 Å². The molecule has 0 aliphatic carbocycles. The van der Waals surface area contributed by atoms with Gasteiger partial charge in [-0.05, 0) is 26.7 Å². The van der Waals surface area contributed by atoms with Crippen LogP contribution in [0.3, 0.4) is 0 Å². The molecule has 0 spiro atoms. The van der Waals surface area contributed by atoms with Crippen LogP contribution in [-0.2, 0) is 14.9 Å². The third kappa shape index (κ3) is 4.21. The van der Waals surface area contributed by atoms with Crippen molar-refractivity contribution in [3.8, 4) is 0 Å². The van der Waals surface area contributed by atoms with Crippen molar-refractivity contribution in [2.45, 2.75) is 52.9 Å². The first-order valence-corrected chi connectivity index (χ1v) is 7.59. The normalized spacial score (nSPS) is 29.5. The Morgan fingerprint density at radius 1 is 1.18 bits per heavy atom. The molecule has 1 saturated heterocycles. The van der Waals surface area contributed by atoms with Gasteiger partial charge in [0, 0.05) is 19.1 Å². The molecule has 0 aromatic rings. The minimum absolute atomic E-state index is 0.0512. The average molecular weight is 264 g/mol. The van der Waals surface area contributed by atoms with Crippen molar-refractivity contribution < 1.29 is 13.2 Å². The Kier molecular flexibility index (Phi) is 4.95. The summed E-state index contributed by atoms with van der Waals surface area (Å²) in [7, 11) is -3.39. The zero-order valence-corrected chi connectivity index (χ0v) is 12.1. The third-order valence-electron chi connectivity index (χ3n) is 3.06. The van der Waals surface area contributed by atoms with E-state index in [9.17, 15) is 8.42 Å². The molecule has 17 heavy (non-hydrogen) atoms. The van der Waals surface area contributed by atoms with E-state index in [1.54, 1.807) is 0 Å². The van der Waals surface area contributed by atoms with E-state index < -0.39 is 10.2 Å². The highest BCUT2D eigenvalue weighted by atomic mass is 32.2. The summed E-state index contributed by atoms with van der Waals surface area (Å²) in [6.45, 7) is 10.5. The summed E-state index contributed by atoms with van der Waals surface area (Å²) in [5, 5.41) is 0. The summed E-state index contributed by atoms with van der Waals surface area (Å²) in [6.07, 6.45) is -0.102. The SMILES string of the molecule is CC1CN(S(=O)(=O)NC(C)C(C)C)CC(C)O1. The Morgan fingerprint density at radius 2 is 1.65 bits per heavy atom. The third-order valence-corrected chi connectivity index (χ3v) is 4.71. The topological polar surface area (TPSA) is 58.6 Å². The Bertz CT molecular complexity index is 333. The highest BCUT2D eigenvalue weighted by Gasteiger charge is 2.31. The molecule has 0 amide bonds. The van der Waals surface area contributed by atoms with E-state index in [0.29, 0.717) is 13.1 Å². The standard InChI is InChI=1S/C11H24N2O3S/c1-8(2)11(5)12-17(14,15)13-6-9(3)16-10(4)7-13/h8-12H,6-7H2,1-5H3. The minimum Gasteiger partial charge on any atom is -0.373 e. The van der Waals surface area contributed by atoms with Crippen molar-refractivity contribution in [2.24, 2.45) is 5.92 Å². The van der Waals surface area contributed by atoms with Gasteiger partial charge in [0.15, 0.2) is 0 Å². The van der Waals surface area contributed by atoms with Gasteiger partial charge >= 0.3 is 0 Å². The largest absolute Gasteiger partial charge is 0.373 e.